The molecule has 1 fully saturated rings. The number of hydrogen-bond acceptors (Lipinski definition) is 4. The van der Waals surface area contributed by atoms with E-state index in [0.717, 1.165) is 48.9 Å². The third-order valence-electron chi connectivity index (χ3n) is 7.19. The molecule has 5 rings (SSSR count). The number of rotatable bonds is 5. The third-order valence-corrected chi connectivity index (χ3v) is 7.19. The van der Waals surface area contributed by atoms with Crippen molar-refractivity contribution in [3.8, 4) is 0 Å². The Kier molecular flexibility index (Phi) is 7.05. The van der Waals surface area contributed by atoms with Crippen LogP contribution in [-0.2, 0) is 9.53 Å². The number of hydrogen-bond donors (Lipinski definition) is 0. The lowest BCUT2D eigenvalue weighted by atomic mass is 9.89. The normalized spacial score (nSPS) is 19.5. The minimum atomic E-state index is -0.140. The molecule has 186 valence electrons. The van der Waals surface area contributed by atoms with Crippen LogP contribution in [0, 0.1) is 0 Å². The molecule has 2 amide bonds. The first kappa shape index (κ1) is 24.1. The predicted molar refractivity (Wildman–Crippen MR) is 144 cm³/mol. The molecular weight excluding hydrogens is 450 g/mol. The first-order chi connectivity index (χ1) is 17.6. The van der Waals surface area contributed by atoms with E-state index in [-0.39, 0.29) is 23.9 Å². The molecule has 2 aliphatic heterocycles. The highest BCUT2D eigenvalue weighted by Crippen LogP contribution is 2.43. The summed E-state index contributed by atoms with van der Waals surface area (Å²) in [6.45, 7) is 7.14. The third kappa shape index (κ3) is 4.61. The lowest BCUT2D eigenvalue weighted by Crippen LogP contribution is -2.47. The van der Waals surface area contributed by atoms with E-state index >= 15 is 0 Å². The second-order valence-corrected chi connectivity index (χ2v) is 9.43. The summed E-state index contributed by atoms with van der Waals surface area (Å²) in [5, 5.41) is 0. The van der Waals surface area contributed by atoms with Crippen molar-refractivity contribution in [1.82, 2.24) is 0 Å². The summed E-state index contributed by atoms with van der Waals surface area (Å²) in [6, 6.07) is 25.5. The number of morpholine rings is 1. The van der Waals surface area contributed by atoms with Gasteiger partial charge in [-0.15, -0.1) is 0 Å². The summed E-state index contributed by atoms with van der Waals surface area (Å²) in [6.07, 6.45) is 1.08. The molecule has 6 heteroatoms. The van der Waals surface area contributed by atoms with Gasteiger partial charge in [-0.2, -0.15) is 0 Å². The molecule has 2 atom stereocenters. The Morgan fingerprint density at radius 2 is 1.58 bits per heavy atom. The standard InChI is InChI=1S/C30H33N3O3/c1-3-29(34)33(25-9-5-4-6-10-25)28-21-22(2)32(27-12-8-7-11-26(27)28)30(35)23-13-15-24(16-14-23)31-17-19-36-20-18-31/h4-16,22,28H,3,17-21H2,1-2H3/t22-,28+/m0/s1. The first-order valence-corrected chi connectivity index (χ1v) is 12.8. The van der Waals surface area contributed by atoms with Gasteiger partial charge in [0, 0.05) is 48.2 Å². The molecule has 3 aromatic rings. The van der Waals surface area contributed by atoms with Crippen LogP contribution in [0.15, 0.2) is 78.9 Å². The summed E-state index contributed by atoms with van der Waals surface area (Å²) < 4.78 is 5.46. The van der Waals surface area contributed by atoms with Crippen LogP contribution in [-0.4, -0.2) is 44.2 Å². The Balaban J connectivity index is 1.47. The molecule has 0 radical (unpaired) electrons. The zero-order chi connectivity index (χ0) is 25.1. The Bertz CT molecular complexity index is 1210. The second-order valence-electron chi connectivity index (χ2n) is 9.43. The highest BCUT2D eigenvalue weighted by molar-refractivity contribution is 6.07. The SMILES string of the molecule is CCC(=O)N(c1ccccc1)[C@@H]1C[C@H](C)N(C(=O)c2ccc(N3CCOCC3)cc2)c2ccccc21. The molecule has 0 aliphatic carbocycles. The average Bonchev–Trinajstić information content (AvgIpc) is 2.94. The van der Waals surface area contributed by atoms with Crippen LogP contribution >= 0.6 is 0 Å². The van der Waals surface area contributed by atoms with Gasteiger partial charge in [-0.05, 0) is 61.4 Å². The van der Waals surface area contributed by atoms with Crippen LogP contribution in [0.2, 0.25) is 0 Å². The Morgan fingerprint density at radius 3 is 2.28 bits per heavy atom. The topological polar surface area (TPSA) is 53.1 Å². The number of nitrogens with zero attached hydrogens (tertiary/aromatic N) is 3. The van der Waals surface area contributed by atoms with Gasteiger partial charge in [0.1, 0.15) is 0 Å². The van der Waals surface area contributed by atoms with Crippen molar-refractivity contribution in [2.75, 3.05) is 41.0 Å². The predicted octanol–water partition coefficient (Wildman–Crippen LogP) is 5.45. The molecule has 0 spiro atoms. The van der Waals surface area contributed by atoms with E-state index in [0.29, 0.717) is 18.4 Å². The van der Waals surface area contributed by atoms with Crippen molar-refractivity contribution in [3.63, 3.8) is 0 Å². The van der Waals surface area contributed by atoms with Gasteiger partial charge >= 0.3 is 0 Å². The summed E-state index contributed by atoms with van der Waals surface area (Å²) >= 11 is 0. The van der Waals surface area contributed by atoms with Gasteiger partial charge in [-0.3, -0.25) is 9.59 Å². The minimum Gasteiger partial charge on any atom is -0.378 e. The molecule has 2 heterocycles. The average molecular weight is 484 g/mol. The fourth-order valence-electron chi connectivity index (χ4n) is 5.37. The van der Waals surface area contributed by atoms with Crippen molar-refractivity contribution in [2.45, 2.75) is 38.8 Å². The Hall–Kier alpha value is -3.64. The second kappa shape index (κ2) is 10.5. The number of anilines is 3. The zero-order valence-electron chi connectivity index (χ0n) is 21.0. The number of ether oxygens (including phenoxy) is 1. The van der Waals surface area contributed by atoms with Gasteiger partial charge in [0.15, 0.2) is 0 Å². The van der Waals surface area contributed by atoms with Gasteiger partial charge in [-0.25, -0.2) is 0 Å². The Morgan fingerprint density at radius 1 is 0.917 bits per heavy atom. The van der Waals surface area contributed by atoms with Crippen LogP contribution in [0.4, 0.5) is 17.1 Å². The molecule has 2 aliphatic rings. The van der Waals surface area contributed by atoms with E-state index in [9.17, 15) is 9.59 Å². The Labute approximate surface area is 213 Å². The minimum absolute atomic E-state index is 0.0185. The van der Waals surface area contributed by atoms with Gasteiger partial charge in [0.2, 0.25) is 5.91 Å². The molecule has 3 aromatic carbocycles. The number of benzene rings is 3. The van der Waals surface area contributed by atoms with E-state index in [1.807, 2.05) is 95.6 Å². The molecule has 0 saturated carbocycles. The van der Waals surface area contributed by atoms with Crippen LogP contribution < -0.4 is 14.7 Å². The van der Waals surface area contributed by atoms with Gasteiger partial charge in [-0.1, -0.05) is 43.3 Å². The van der Waals surface area contributed by atoms with E-state index in [2.05, 4.69) is 11.8 Å². The van der Waals surface area contributed by atoms with Crippen molar-refractivity contribution < 1.29 is 14.3 Å². The number of carbonyl (C=O) groups excluding carboxylic acids is 2. The van der Waals surface area contributed by atoms with Crippen molar-refractivity contribution in [3.05, 3.63) is 90.0 Å². The maximum atomic E-state index is 13.8. The number of amides is 2. The van der Waals surface area contributed by atoms with Crippen LogP contribution in [0.3, 0.4) is 0 Å². The summed E-state index contributed by atoms with van der Waals surface area (Å²) in [7, 11) is 0. The maximum Gasteiger partial charge on any atom is 0.258 e. The van der Waals surface area contributed by atoms with Crippen LogP contribution in [0.25, 0.3) is 0 Å². The molecule has 0 unspecified atom stereocenters. The van der Waals surface area contributed by atoms with E-state index < -0.39 is 0 Å². The molecule has 1 saturated heterocycles. The molecule has 0 N–H and O–H groups in total. The quantitative estimate of drug-likeness (QED) is 0.485. The van der Waals surface area contributed by atoms with Gasteiger partial charge in [0.25, 0.3) is 5.91 Å². The van der Waals surface area contributed by atoms with Crippen molar-refractivity contribution in [1.29, 1.82) is 0 Å². The monoisotopic (exact) mass is 483 g/mol. The van der Waals surface area contributed by atoms with E-state index in [4.69, 9.17) is 4.74 Å². The molecule has 36 heavy (non-hydrogen) atoms. The molecular formula is C30H33N3O3. The van der Waals surface area contributed by atoms with Gasteiger partial charge < -0.3 is 19.4 Å². The fourth-order valence-corrected chi connectivity index (χ4v) is 5.37. The molecule has 0 bridgehead atoms. The largest absolute Gasteiger partial charge is 0.378 e. The smallest absolute Gasteiger partial charge is 0.258 e. The fraction of sp³-hybridized carbons (Fsp3) is 0.333. The van der Waals surface area contributed by atoms with E-state index in [1.165, 1.54) is 0 Å². The van der Waals surface area contributed by atoms with Crippen LogP contribution in [0.5, 0.6) is 0 Å². The lowest BCUT2D eigenvalue weighted by Gasteiger charge is -2.43. The summed E-state index contributed by atoms with van der Waals surface area (Å²) in [4.78, 5) is 33.1. The molecule has 0 aromatic heterocycles. The number of fused-ring (bicyclic) bond motifs is 1. The first-order valence-electron chi connectivity index (χ1n) is 12.8. The highest BCUT2D eigenvalue weighted by atomic mass is 16.5. The number of carbonyl (C=O) groups is 2. The maximum absolute atomic E-state index is 13.8. The highest BCUT2D eigenvalue weighted by Gasteiger charge is 2.38. The lowest BCUT2D eigenvalue weighted by molar-refractivity contribution is -0.118. The summed E-state index contributed by atoms with van der Waals surface area (Å²) in [5.74, 6) is 0.0571. The van der Waals surface area contributed by atoms with Gasteiger partial charge in [0.05, 0.1) is 19.3 Å². The zero-order valence-corrected chi connectivity index (χ0v) is 21.0. The van der Waals surface area contributed by atoms with E-state index in [1.54, 1.807) is 0 Å². The summed E-state index contributed by atoms with van der Waals surface area (Å²) in [5.41, 5.74) is 4.53. The number of para-hydroxylation sites is 2. The van der Waals surface area contributed by atoms with Crippen LogP contribution in [0.1, 0.15) is 48.7 Å². The van der Waals surface area contributed by atoms with Crippen molar-refractivity contribution in [2.24, 2.45) is 0 Å². The molecule has 6 nitrogen and oxygen atoms in total. The van der Waals surface area contributed by atoms with Crippen molar-refractivity contribution >= 4 is 28.9 Å².